The third-order valence-electron chi connectivity index (χ3n) is 5.48. The number of rotatable bonds is 8. The molecular formula is C21H28N4O5S2. The predicted octanol–water partition coefficient (Wildman–Crippen LogP) is 2.12. The molecule has 3 rings (SSSR count). The molecule has 1 amide bonds. The third-order valence-corrected chi connectivity index (χ3v) is 8.94. The molecule has 1 saturated heterocycles. The van der Waals surface area contributed by atoms with Gasteiger partial charge in [-0.1, -0.05) is 6.92 Å². The number of nitrogens with one attached hydrogen (secondary N) is 2. The van der Waals surface area contributed by atoms with E-state index in [1.165, 1.54) is 28.8 Å². The van der Waals surface area contributed by atoms with Crippen LogP contribution in [0.4, 0.5) is 5.69 Å². The highest BCUT2D eigenvalue weighted by Gasteiger charge is 2.30. The van der Waals surface area contributed by atoms with E-state index >= 15 is 0 Å². The first kappa shape index (κ1) is 24.3. The number of hydrogen-bond acceptors (Lipinski definition) is 6. The Balaban J connectivity index is 1.58. The third kappa shape index (κ3) is 5.71. The Bertz CT molecular complexity index is 1160. The number of pyridine rings is 1. The zero-order valence-corrected chi connectivity index (χ0v) is 19.7. The van der Waals surface area contributed by atoms with Crippen LogP contribution in [-0.2, 0) is 24.8 Å². The van der Waals surface area contributed by atoms with Gasteiger partial charge in [-0.15, -0.1) is 0 Å². The summed E-state index contributed by atoms with van der Waals surface area (Å²) in [5, 5.41) is 2.71. The van der Waals surface area contributed by atoms with Crippen LogP contribution in [0.2, 0.25) is 0 Å². The van der Waals surface area contributed by atoms with Crippen molar-refractivity contribution in [3.05, 3.63) is 48.3 Å². The van der Waals surface area contributed by atoms with E-state index in [1.54, 1.807) is 32.0 Å². The fraction of sp³-hybridized carbons (Fsp3) is 0.429. The Kier molecular flexibility index (Phi) is 7.65. The second-order valence-electron chi connectivity index (χ2n) is 7.77. The Morgan fingerprint density at radius 1 is 1.16 bits per heavy atom. The van der Waals surface area contributed by atoms with Crippen molar-refractivity contribution in [2.24, 2.45) is 5.92 Å². The molecule has 32 heavy (non-hydrogen) atoms. The summed E-state index contributed by atoms with van der Waals surface area (Å²) < 4.78 is 55.0. The number of carbonyl (C=O) groups excluding carboxylic acids is 1. The number of hydrogen-bond donors (Lipinski definition) is 2. The predicted molar refractivity (Wildman–Crippen MR) is 121 cm³/mol. The van der Waals surface area contributed by atoms with Gasteiger partial charge in [0, 0.05) is 44.1 Å². The molecule has 0 radical (unpaired) electrons. The van der Waals surface area contributed by atoms with Gasteiger partial charge in [0.05, 0.1) is 4.90 Å². The van der Waals surface area contributed by atoms with Crippen LogP contribution in [0.5, 0.6) is 0 Å². The molecule has 0 aliphatic carbocycles. The molecule has 2 aromatic rings. The van der Waals surface area contributed by atoms with Gasteiger partial charge in [-0.2, -0.15) is 4.31 Å². The molecular weight excluding hydrogens is 452 g/mol. The lowest BCUT2D eigenvalue weighted by molar-refractivity contribution is -0.115. The summed E-state index contributed by atoms with van der Waals surface area (Å²) in [6.07, 6.45) is 4.31. The maximum absolute atomic E-state index is 12.8. The van der Waals surface area contributed by atoms with E-state index in [-0.39, 0.29) is 28.2 Å². The quantitative estimate of drug-likeness (QED) is 0.596. The zero-order valence-electron chi connectivity index (χ0n) is 18.1. The van der Waals surface area contributed by atoms with Crippen molar-refractivity contribution in [3.8, 4) is 0 Å². The fourth-order valence-electron chi connectivity index (χ4n) is 3.59. The molecule has 1 aromatic heterocycles. The molecule has 0 atom stereocenters. The van der Waals surface area contributed by atoms with E-state index in [0.29, 0.717) is 43.6 Å². The largest absolute Gasteiger partial charge is 0.326 e. The topological polar surface area (TPSA) is 126 Å². The monoisotopic (exact) mass is 480 g/mol. The fourth-order valence-corrected chi connectivity index (χ4v) is 6.36. The van der Waals surface area contributed by atoms with E-state index in [9.17, 15) is 21.6 Å². The maximum atomic E-state index is 12.8. The SMILES string of the molecule is CCC(=O)Nc1ccc(S(=O)(=O)NCC2CCN(S(=O)(=O)c3cccnc3)CC2)c(C)c1. The van der Waals surface area contributed by atoms with E-state index in [2.05, 4.69) is 15.0 Å². The minimum absolute atomic E-state index is 0.0357. The van der Waals surface area contributed by atoms with E-state index in [4.69, 9.17) is 0 Å². The molecule has 1 aromatic carbocycles. The van der Waals surface area contributed by atoms with Crippen LogP contribution in [-0.4, -0.2) is 51.7 Å². The van der Waals surface area contributed by atoms with Gasteiger partial charge in [-0.25, -0.2) is 21.6 Å². The van der Waals surface area contributed by atoms with Crippen molar-refractivity contribution in [2.75, 3.05) is 25.0 Å². The van der Waals surface area contributed by atoms with Gasteiger partial charge < -0.3 is 5.32 Å². The van der Waals surface area contributed by atoms with Crippen LogP contribution < -0.4 is 10.0 Å². The summed E-state index contributed by atoms with van der Waals surface area (Å²) >= 11 is 0. The average molecular weight is 481 g/mol. The van der Waals surface area contributed by atoms with Crippen LogP contribution in [0.25, 0.3) is 0 Å². The summed E-state index contributed by atoms with van der Waals surface area (Å²) in [5.41, 5.74) is 1.08. The zero-order chi connectivity index (χ0) is 23.4. The molecule has 1 aliphatic rings. The number of aromatic nitrogens is 1. The standard InChI is InChI=1S/C21H28N4O5S2/c1-3-21(26)24-18-6-7-20(16(2)13-18)31(27,28)23-14-17-8-11-25(12-9-17)32(29,30)19-5-4-10-22-15-19/h4-7,10,13,15,17,23H,3,8-9,11-12,14H2,1-2H3,(H,24,26). The van der Waals surface area contributed by atoms with Gasteiger partial charge in [0.25, 0.3) is 0 Å². The Morgan fingerprint density at radius 2 is 1.88 bits per heavy atom. The highest BCUT2D eigenvalue weighted by atomic mass is 32.2. The van der Waals surface area contributed by atoms with Gasteiger partial charge in [0.15, 0.2) is 0 Å². The Morgan fingerprint density at radius 3 is 2.47 bits per heavy atom. The molecule has 2 N–H and O–H groups in total. The molecule has 9 nitrogen and oxygen atoms in total. The van der Waals surface area contributed by atoms with Crippen molar-refractivity contribution in [1.82, 2.24) is 14.0 Å². The van der Waals surface area contributed by atoms with Gasteiger partial charge in [-0.05, 0) is 61.6 Å². The first-order chi connectivity index (χ1) is 15.1. The van der Waals surface area contributed by atoms with Crippen molar-refractivity contribution in [1.29, 1.82) is 0 Å². The lowest BCUT2D eigenvalue weighted by Crippen LogP contribution is -2.41. The van der Waals surface area contributed by atoms with Crippen LogP contribution in [0.3, 0.4) is 0 Å². The summed E-state index contributed by atoms with van der Waals surface area (Å²) in [7, 11) is -7.32. The average Bonchev–Trinajstić information content (AvgIpc) is 2.78. The van der Waals surface area contributed by atoms with Gasteiger partial charge in [-0.3, -0.25) is 9.78 Å². The van der Waals surface area contributed by atoms with Crippen LogP contribution >= 0.6 is 0 Å². The lowest BCUT2D eigenvalue weighted by atomic mass is 9.99. The van der Waals surface area contributed by atoms with Gasteiger partial charge >= 0.3 is 0 Å². The first-order valence-electron chi connectivity index (χ1n) is 10.4. The summed E-state index contributed by atoms with van der Waals surface area (Å²) in [4.78, 5) is 15.7. The van der Waals surface area contributed by atoms with Gasteiger partial charge in [0.1, 0.15) is 4.90 Å². The molecule has 1 fully saturated rings. The number of nitrogens with zero attached hydrogens (tertiary/aromatic N) is 2. The summed E-state index contributed by atoms with van der Waals surface area (Å²) in [6.45, 7) is 4.31. The number of benzene rings is 1. The van der Waals surface area contributed by atoms with E-state index < -0.39 is 20.0 Å². The minimum atomic E-state index is -3.73. The Labute approximate surface area is 189 Å². The highest BCUT2D eigenvalue weighted by Crippen LogP contribution is 2.24. The molecule has 174 valence electrons. The van der Waals surface area contributed by atoms with Crippen LogP contribution in [0, 0.1) is 12.8 Å². The minimum Gasteiger partial charge on any atom is -0.326 e. The summed E-state index contributed by atoms with van der Waals surface area (Å²) in [5.74, 6) is -0.108. The smallest absolute Gasteiger partial charge is 0.244 e. The van der Waals surface area contributed by atoms with Crippen LogP contribution in [0.1, 0.15) is 31.7 Å². The Hall–Kier alpha value is -2.34. The number of aryl methyl sites for hydroxylation is 1. The second kappa shape index (κ2) is 10.1. The molecule has 0 bridgehead atoms. The first-order valence-corrected chi connectivity index (χ1v) is 13.4. The number of piperidine rings is 1. The van der Waals surface area contributed by atoms with E-state index in [1.807, 2.05) is 0 Å². The van der Waals surface area contributed by atoms with Crippen molar-refractivity contribution < 1.29 is 21.6 Å². The van der Waals surface area contributed by atoms with E-state index in [0.717, 1.165) is 0 Å². The van der Waals surface area contributed by atoms with Crippen LogP contribution in [0.15, 0.2) is 52.5 Å². The van der Waals surface area contributed by atoms with Crippen molar-refractivity contribution in [2.45, 2.75) is 42.9 Å². The molecule has 0 spiro atoms. The maximum Gasteiger partial charge on any atom is 0.244 e. The number of carbonyl (C=O) groups is 1. The second-order valence-corrected chi connectivity index (χ2v) is 11.4. The highest BCUT2D eigenvalue weighted by molar-refractivity contribution is 7.89. The molecule has 1 aliphatic heterocycles. The normalized spacial score (nSPS) is 16.1. The van der Waals surface area contributed by atoms with Crippen molar-refractivity contribution >= 4 is 31.6 Å². The molecule has 11 heteroatoms. The number of anilines is 1. The molecule has 0 saturated carbocycles. The van der Waals surface area contributed by atoms with Gasteiger partial charge in [0.2, 0.25) is 26.0 Å². The number of sulfonamides is 2. The summed E-state index contributed by atoms with van der Waals surface area (Å²) in [6, 6.07) is 7.78. The van der Waals surface area contributed by atoms with Crippen molar-refractivity contribution in [3.63, 3.8) is 0 Å². The molecule has 0 unspecified atom stereocenters. The lowest BCUT2D eigenvalue weighted by Gasteiger charge is -2.31. The molecule has 2 heterocycles. The number of amides is 1.